The average Bonchev–Trinajstić information content (AvgIpc) is 3.09. The molecule has 3 unspecified atom stereocenters. The van der Waals surface area contributed by atoms with Gasteiger partial charge in [-0.1, -0.05) is 87.5 Å². The van der Waals surface area contributed by atoms with Crippen LogP contribution < -0.4 is 10.4 Å². The molecule has 0 aliphatic carbocycles. The second kappa shape index (κ2) is 10.9. The minimum atomic E-state index is -2.74. The van der Waals surface area contributed by atoms with Gasteiger partial charge in [-0.2, -0.15) is 0 Å². The van der Waals surface area contributed by atoms with Crippen molar-refractivity contribution in [3.63, 3.8) is 0 Å². The Morgan fingerprint density at radius 3 is 2.00 bits per heavy atom. The molecular formula is C28H40O5Si. The zero-order valence-corrected chi connectivity index (χ0v) is 22.4. The summed E-state index contributed by atoms with van der Waals surface area (Å²) in [6.07, 6.45) is -0.103. The summed E-state index contributed by atoms with van der Waals surface area (Å²) in [6.45, 7) is 14.6. The summed E-state index contributed by atoms with van der Waals surface area (Å²) >= 11 is 0. The van der Waals surface area contributed by atoms with Gasteiger partial charge in [0.1, 0.15) is 18.3 Å². The van der Waals surface area contributed by atoms with E-state index in [2.05, 4.69) is 75.9 Å². The summed E-state index contributed by atoms with van der Waals surface area (Å²) in [4.78, 5) is 0. The average molecular weight is 485 g/mol. The minimum absolute atomic E-state index is 0.150. The van der Waals surface area contributed by atoms with Gasteiger partial charge in [-0.15, -0.1) is 6.58 Å². The lowest BCUT2D eigenvalue weighted by Crippen LogP contribution is -2.67. The predicted molar refractivity (Wildman–Crippen MR) is 139 cm³/mol. The van der Waals surface area contributed by atoms with Gasteiger partial charge in [-0.05, 0) is 35.7 Å². The quantitative estimate of drug-likeness (QED) is 0.408. The third-order valence-corrected chi connectivity index (χ3v) is 11.5. The Bertz CT molecular complexity index is 870. The Morgan fingerprint density at radius 1 is 1.03 bits per heavy atom. The fourth-order valence-corrected chi connectivity index (χ4v) is 9.62. The van der Waals surface area contributed by atoms with E-state index in [0.717, 1.165) is 0 Å². The molecule has 5 nitrogen and oxygen atoms in total. The summed E-state index contributed by atoms with van der Waals surface area (Å²) in [5, 5.41) is 13.0. The highest BCUT2D eigenvalue weighted by atomic mass is 28.4. The van der Waals surface area contributed by atoms with E-state index in [9.17, 15) is 5.11 Å². The monoisotopic (exact) mass is 484 g/mol. The first-order valence-corrected chi connectivity index (χ1v) is 13.9. The van der Waals surface area contributed by atoms with Crippen molar-refractivity contribution in [2.45, 2.75) is 76.3 Å². The van der Waals surface area contributed by atoms with E-state index in [4.69, 9.17) is 18.6 Å². The highest BCUT2D eigenvalue weighted by molar-refractivity contribution is 6.99. The zero-order chi connectivity index (χ0) is 25.0. The maximum Gasteiger partial charge on any atom is 0.261 e. The van der Waals surface area contributed by atoms with E-state index in [1.165, 1.54) is 10.4 Å². The Labute approximate surface area is 205 Å². The smallest absolute Gasteiger partial charge is 0.261 e. The number of hydrogen-bond acceptors (Lipinski definition) is 5. The summed E-state index contributed by atoms with van der Waals surface area (Å²) < 4.78 is 25.3. The van der Waals surface area contributed by atoms with Crippen LogP contribution >= 0.6 is 0 Å². The topological polar surface area (TPSA) is 57.2 Å². The molecule has 3 rings (SSSR count). The molecule has 1 saturated heterocycles. The molecule has 2 aromatic carbocycles. The number of aliphatic hydroxyl groups is 1. The van der Waals surface area contributed by atoms with Gasteiger partial charge in [0.25, 0.3) is 8.32 Å². The molecule has 0 spiro atoms. The van der Waals surface area contributed by atoms with E-state index >= 15 is 0 Å². The van der Waals surface area contributed by atoms with Crippen LogP contribution in [0.1, 0.15) is 41.0 Å². The van der Waals surface area contributed by atoms with Crippen LogP contribution in [0.5, 0.6) is 0 Å². The molecule has 34 heavy (non-hydrogen) atoms. The zero-order valence-electron chi connectivity index (χ0n) is 21.4. The molecule has 0 aromatic heterocycles. The molecular weight excluding hydrogens is 444 g/mol. The largest absolute Gasteiger partial charge is 0.405 e. The van der Waals surface area contributed by atoms with Crippen molar-refractivity contribution in [2.75, 3.05) is 13.7 Å². The Hall–Kier alpha value is -1.80. The van der Waals surface area contributed by atoms with Crippen molar-refractivity contribution in [3.8, 4) is 0 Å². The summed E-state index contributed by atoms with van der Waals surface area (Å²) in [7, 11) is -1.15. The maximum absolute atomic E-state index is 10.7. The molecule has 0 amide bonds. The number of methoxy groups -OCH3 is 1. The van der Waals surface area contributed by atoms with E-state index < -0.39 is 38.5 Å². The molecule has 0 saturated carbocycles. The number of ether oxygens (including phenoxy) is 3. The molecule has 1 heterocycles. The molecule has 4 atom stereocenters. The molecule has 0 bridgehead atoms. The van der Waals surface area contributed by atoms with Crippen LogP contribution in [0.2, 0.25) is 5.04 Å². The van der Waals surface area contributed by atoms with Crippen molar-refractivity contribution >= 4 is 18.7 Å². The van der Waals surface area contributed by atoms with Crippen LogP contribution in [-0.2, 0) is 18.6 Å². The molecule has 0 radical (unpaired) electrons. The molecule has 2 aromatic rings. The molecule has 186 valence electrons. The first-order chi connectivity index (χ1) is 16.1. The second-order valence-corrected chi connectivity index (χ2v) is 14.7. The standard InChI is InChI=1S/C28H40O5Si/c1-8-15-23(29)25(30-7)26-24(32-28(5,6)33-26)20-31-34(27(2,3)4,21-16-11-9-12-17-21)22-18-13-10-14-19-22/h8-14,16-19,23-26,29H,1,15,20H2,2-7H3/t23-,24?,25?,26?/m0/s1. The third kappa shape index (κ3) is 5.53. The van der Waals surface area contributed by atoms with Crippen LogP contribution in [0.25, 0.3) is 0 Å². The molecule has 1 aliphatic heterocycles. The highest BCUT2D eigenvalue weighted by Gasteiger charge is 2.53. The number of aliphatic hydroxyl groups excluding tert-OH is 1. The third-order valence-electron chi connectivity index (χ3n) is 6.49. The summed E-state index contributed by atoms with van der Waals surface area (Å²) in [6, 6.07) is 21.0. The van der Waals surface area contributed by atoms with Gasteiger partial charge in [-0.25, -0.2) is 0 Å². The molecule has 1 aliphatic rings. The number of hydrogen-bond donors (Lipinski definition) is 1. The molecule has 1 N–H and O–H groups in total. The lowest BCUT2D eigenvalue weighted by molar-refractivity contribution is -0.166. The van der Waals surface area contributed by atoms with Gasteiger partial charge >= 0.3 is 0 Å². The first-order valence-electron chi connectivity index (χ1n) is 12.0. The van der Waals surface area contributed by atoms with Crippen molar-refractivity contribution < 1.29 is 23.7 Å². The van der Waals surface area contributed by atoms with Crippen molar-refractivity contribution in [1.29, 1.82) is 0 Å². The SMILES string of the molecule is C=CC[C@H](O)C(OC)C1OC(C)(C)OC1CO[Si](c1ccccc1)(c1ccccc1)C(C)(C)C. The van der Waals surface area contributed by atoms with Crippen molar-refractivity contribution in [1.82, 2.24) is 0 Å². The van der Waals surface area contributed by atoms with E-state index in [-0.39, 0.29) is 5.04 Å². The van der Waals surface area contributed by atoms with Crippen LogP contribution in [-0.4, -0.2) is 57.3 Å². The second-order valence-electron chi connectivity index (χ2n) is 10.4. The van der Waals surface area contributed by atoms with Crippen LogP contribution in [0.3, 0.4) is 0 Å². The van der Waals surface area contributed by atoms with Gasteiger partial charge in [-0.3, -0.25) is 0 Å². The Balaban J connectivity index is 2.01. The van der Waals surface area contributed by atoms with E-state index in [1.54, 1.807) is 13.2 Å². The minimum Gasteiger partial charge on any atom is -0.405 e. The lowest BCUT2D eigenvalue weighted by Gasteiger charge is -2.43. The number of rotatable bonds is 10. The van der Waals surface area contributed by atoms with Gasteiger partial charge < -0.3 is 23.7 Å². The highest BCUT2D eigenvalue weighted by Crippen LogP contribution is 2.39. The van der Waals surface area contributed by atoms with Gasteiger partial charge in [0.15, 0.2) is 5.79 Å². The van der Waals surface area contributed by atoms with Crippen molar-refractivity contribution in [2.24, 2.45) is 0 Å². The normalized spacial score (nSPS) is 22.3. The van der Waals surface area contributed by atoms with Crippen molar-refractivity contribution in [3.05, 3.63) is 73.3 Å². The molecule has 6 heteroatoms. The van der Waals surface area contributed by atoms with Crippen LogP contribution in [0.4, 0.5) is 0 Å². The van der Waals surface area contributed by atoms with Gasteiger partial charge in [0, 0.05) is 7.11 Å². The van der Waals surface area contributed by atoms with Gasteiger partial charge in [0.2, 0.25) is 0 Å². The fraction of sp³-hybridized carbons (Fsp3) is 0.500. The molecule has 1 fully saturated rings. The maximum atomic E-state index is 10.7. The van der Waals surface area contributed by atoms with Crippen LogP contribution in [0.15, 0.2) is 73.3 Å². The summed E-state index contributed by atoms with van der Waals surface area (Å²) in [5.41, 5.74) is 0. The summed E-state index contributed by atoms with van der Waals surface area (Å²) in [5.74, 6) is -0.811. The predicted octanol–water partition coefficient (Wildman–Crippen LogP) is 4.04. The Kier molecular flexibility index (Phi) is 8.55. The van der Waals surface area contributed by atoms with Gasteiger partial charge in [0.05, 0.1) is 12.7 Å². The first kappa shape index (κ1) is 26.8. The van der Waals surface area contributed by atoms with E-state index in [1.807, 2.05) is 26.0 Å². The fourth-order valence-electron chi connectivity index (χ4n) is 5.05. The Morgan fingerprint density at radius 2 is 1.56 bits per heavy atom. The van der Waals surface area contributed by atoms with E-state index in [0.29, 0.717) is 13.0 Å². The van der Waals surface area contributed by atoms with Crippen LogP contribution in [0, 0.1) is 0 Å². The lowest BCUT2D eigenvalue weighted by atomic mass is 10.0. The number of benzene rings is 2.